The Morgan fingerprint density at radius 2 is 2.19 bits per heavy atom. The van der Waals surface area contributed by atoms with Gasteiger partial charge in [0.1, 0.15) is 11.6 Å². The van der Waals surface area contributed by atoms with Gasteiger partial charge in [-0.2, -0.15) is 0 Å². The highest BCUT2D eigenvalue weighted by Gasteiger charge is 2.08. The van der Waals surface area contributed by atoms with Gasteiger partial charge in [-0.15, -0.1) is 0 Å². The minimum absolute atomic E-state index is 0.562. The fourth-order valence-electron chi connectivity index (χ4n) is 1.83. The summed E-state index contributed by atoms with van der Waals surface area (Å²) in [5.41, 5.74) is 5.60. The first-order chi connectivity index (χ1) is 7.84. The van der Waals surface area contributed by atoms with Crippen molar-refractivity contribution in [2.45, 2.75) is 0 Å². The predicted octanol–water partition coefficient (Wildman–Crippen LogP) is -0.0191. The first-order valence-electron chi connectivity index (χ1n) is 5.74. The Morgan fingerprint density at radius 3 is 2.94 bits per heavy atom. The van der Waals surface area contributed by atoms with Crippen LogP contribution in [-0.4, -0.2) is 49.2 Å². The average molecular weight is 221 g/mol. The van der Waals surface area contributed by atoms with Gasteiger partial charge in [0.05, 0.1) is 0 Å². The Labute approximate surface area is 96.0 Å². The fraction of sp³-hybridized carbons (Fsp3) is 0.545. The highest BCUT2D eigenvalue weighted by molar-refractivity contribution is 5.42. The maximum atomic E-state index is 5.60. The van der Waals surface area contributed by atoms with Crippen LogP contribution in [0.3, 0.4) is 0 Å². The molecule has 0 atom stereocenters. The summed E-state index contributed by atoms with van der Waals surface area (Å²) < 4.78 is 0. The van der Waals surface area contributed by atoms with Gasteiger partial charge in [0.25, 0.3) is 0 Å². The average Bonchev–Trinajstić information content (AvgIpc) is 2.30. The van der Waals surface area contributed by atoms with Crippen LogP contribution in [0.2, 0.25) is 0 Å². The van der Waals surface area contributed by atoms with Gasteiger partial charge in [-0.25, -0.2) is 4.98 Å². The van der Waals surface area contributed by atoms with Crippen LogP contribution in [0.1, 0.15) is 0 Å². The molecule has 1 aromatic rings. The molecule has 16 heavy (non-hydrogen) atoms. The molecule has 1 saturated heterocycles. The maximum Gasteiger partial charge on any atom is 0.128 e. The van der Waals surface area contributed by atoms with Crippen molar-refractivity contribution >= 4 is 11.6 Å². The first kappa shape index (κ1) is 11.2. The topological polar surface area (TPSA) is 66.2 Å². The van der Waals surface area contributed by atoms with E-state index in [1.807, 2.05) is 12.1 Å². The lowest BCUT2D eigenvalue weighted by Gasteiger charge is -2.27. The van der Waals surface area contributed by atoms with Crippen molar-refractivity contribution in [3.05, 3.63) is 18.2 Å². The van der Waals surface area contributed by atoms with E-state index in [9.17, 15) is 0 Å². The molecule has 5 heteroatoms. The number of hydrogen-bond donors (Lipinski definition) is 3. The lowest BCUT2D eigenvalue weighted by Crippen LogP contribution is -2.45. The second kappa shape index (κ2) is 5.67. The van der Waals surface area contributed by atoms with E-state index in [-0.39, 0.29) is 0 Å². The molecule has 1 aliphatic heterocycles. The molecule has 0 saturated carbocycles. The first-order valence-corrected chi connectivity index (χ1v) is 5.74. The second-order valence-corrected chi connectivity index (χ2v) is 3.97. The van der Waals surface area contributed by atoms with Crippen molar-refractivity contribution in [1.82, 2.24) is 15.2 Å². The molecule has 2 heterocycles. The van der Waals surface area contributed by atoms with E-state index in [1.54, 1.807) is 6.07 Å². The smallest absolute Gasteiger partial charge is 0.128 e. The van der Waals surface area contributed by atoms with E-state index in [4.69, 9.17) is 5.73 Å². The summed E-state index contributed by atoms with van der Waals surface area (Å²) in [4.78, 5) is 6.63. The molecular weight excluding hydrogens is 202 g/mol. The van der Waals surface area contributed by atoms with E-state index in [0.29, 0.717) is 5.82 Å². The monoisotopic (exact) mass is 221 g/mol. The van der Waals surface area contributed by atoms with E-state index < -0.39 is 0 Å². The Morgan fingerprint density at radius 1 is 1.38 bits per heavy atom. The molecular formula is C11H19N5. The van der Waals surface area contributed by atoms with E-state index in [0.717, 1.165) is 45.1 Å². The molecule has 0 bridgehead atoms. The van der Waals surface area contributed by atoms with Crippen molar-refractivity contribution in [2.24, 2.45) is 0 Å². The number of nitrogens with two attached hydrogens (primary N) is 1. The van der Waals surface area contributed by atoms with Crippen molar-refractivity contribution in [3.63, 3.8) is 0 Å². The van der Waals surface area contributed by atoms with E-state index >= 15 is 0 Å². The summed E-state index contributed by atoms with van der Waals surface area (Å²) in [7, 11) is 0. The zero-order valence-electron chi connectivity index (χ0n) is 9.45. The molecule has 0 unspecified atom stereocenters. The van der Waals surface area contributed by atoms with Gasteiger partial charge in [-0.3, -0.25) is 4.90 Å². The zero-order valence-corrected chi connectivity index (χ0v) is 9.45. The minimum Gasteiger partial charge on any atom is -0.384 e. The van der Waals surface area contributed by atoms with Gasteiger partial charge in [-0.05, 0) is 12.1 Å². The van der Waals surface area contributed by atoms with Crippen molar-refractivity contribution < 1.29 is 0 Å². The maximum absolute atomic E-state index is 5.60. The predicted molar refractivity (Wildman–Crippen MR) is 66.4 cm³/mol. The number of anilines is 2. The molecule has 4 N–H and O–H groups in total. The number of nitrogen functional groups attached to an aromatic ring is 1. The quantitative estimate of drug-likeness (QED) is 0.667. The highest BCUT2D eigenvalue weighted by atomic mass is 15.2. The summed E-state index contributed by atoms with van der Waals surface area (Å²) in [5.74, 6) is 1.42. The van der Waals surface area contributed by atoms with Crippen LogP contribution in [-0.2, 0) is 0 Å². The largest absolute Gasteiger partial charge is 0.384 e. The lowest BCUT2D eigenvalue weighted by atomic mass is 10.3. The molecule has 1 aliphatic rings. The summed E-state index contributed by atoms with van der Waals surface area (Å²) >= 11 is 0. The Balaban J connectivity index is 1.71. The number of nitrogens with one attached hydrogen (secondary N) is 2. The van der Waals surface area contributed by atoms with Crippen LogP contribution in [0, 0.1) is 0 Å². The third kappa shape index (κ3) is 3.36. The van der Waals surface area contributed by atoms with Gasteiger partial charge in [0, 0.05) is 39.3 Å². The van der Waals surface area contributed by atoms with Crippen molar-refractivity contribution in [1.29, 1.82) is 0 Å². The number of nitrogens with zero attached hydrogens (tertiary/aromatic N) is 2. The molecule has 2 rings (SSSR count). The Kier molecular flexibility index (Phi) is 3.96. The number of piperazine rings is 1. The number of aromatic nitrogens is 1. The second-order valence-electron chi connectivity index (χ2n) is 3.97. The number of pyridine rings is 1. The normalized spacial score (nSPS) is 17.2. The van der Waals surface area contributed by atoms with Gasteiger partial charge in [-0.1, -0.05) is 6.07 Å². The van der Waals surface area contributed by atoms with Gasteiger partial charge < -0.3 is 16.4 Å². The SMILES string of the molecule is Nc1cccc(NCCN2CCNCC2)n1. The van der Waals surface area contributed by atoms with Crippen LogP contribution in [0.5, 0.6) is 0 Å². The molecule has 5 nitrogen and oxygen atoms in total. The summed E-state index contributed by atoms with van der Waals surface area (Å²) in [6, 6.07) is 5.64. The van der Waals surface area contributed by atoms with Gasteiger partial charge in [0.15, 0.2) is 0 Å². The minimum atomic E-state index is 0.562. The summed E-state index contributed by atoms with van der Waals surface area (Å²) in [6.45, 7) is 6.42. The fourth-order valence-corrected chi connectivity index (χ4v) is 1.83. The van der Waals surface area contributed by atoms with Crippen LogP contribution >= 0.6 is 0 Å². The molecule has 1 fully saturated rings. The highest BCUT2D eigenvalue weighted by Crippen LogP contribution is 2.05. The Hall–Kier alpha value is -1.33. The number of rotatable bonds is 4. The summed E-state index contributed by atoms with van der Waals surface area (Å²) in [5, 5.41) is 6.62. The third-order valence-electron chi connectivity index (χ3n) is 2.71. The molecule has 0 amide bonds. The van der Waals surface area contributed by atoms with Crippen LogP contribution in [0.4, 0.5) is 11.6 Å². The number of hydrogen-bond acceptors (Lipinski definition) is 5. The van der Waals surface area contributed by atoms with Crippen LogP contribution in [0.25, 0.3) is 0 Å². The molecule has 0 radical (unpaired) electrons. The van der Waals surface area contributed by atoms with Gasteiger partial charge >= 0.3 is 0 Å². The van der Waals surface area contributed by atoms with Crippen LogP contribution in [0.15, 0.2) is 18.2 Å². The molecule has 1 aromatic heterocycles. The van der Waals surface area contributed by atoms with Gasteiger partial charge in [0.2, 0.25) is 0 Å². The third-order valence-corrected chi connectivity index (χ3v) is 2.71. The van der Waals surface area contributed by atoms with E-state index in [2.05, 4.69) is 20.5 Å². The van der Waals surface area contributed by atoms with Crippen LogP contribution < -0.4 is 16.4 Å². The lowest BCUT2D eigenvalue weighted by molar-refractivity contribution is 0.249. The Bertz CT molecular complexity index is 322. The zero-order chi connectivity index (χ0) is 11.2. The molecule has 0 aliphatic carbocycles. The van der Waals surface area contributed by atoms with Crippen molar-refractivity contribution in [2.75, 3.05) is 50.3 Å². The molecule has 88 valence electrons. The standard InChI is InChI=1S/C11H19N5/c12-10-2-1-3-11(15-10)14-6-9-16-7-4-13-5-8-16/h1-3,13H,4-9H2,(H3,12,14,15). The van der Waals surface area contributed by atoms with Crippen molar-refractivity contribution in [3.8, 4) is 0 Å². The molecule has 0 spiro atoms. The summed E-state index contributed by atoms with van der Waals surface area (Å²) in [6.07, 6.45) is 0. The molecule has 0 aromatic carbocycles. The van der Waals surface area contributed by atoms with E-state index in [1.165, 1.54) is 0 Å².